The van der Waals surface area contributed by atoms with Crippen LogP contribution in [0.3, 0.4) is 0 Å². The number of rotatable bonds is 8. The molecule has 0 radical (unpaired) electrons. The van der Waals surface area contributed by atoms with E-state index in [-0.39, 0.29) is 30.9 Å². The summed E-state index contributed by atoms with van der Waals surface area (Å²) in [5.41, 5.74) is 2.13. The largest absolute Gasteiger partial charge is 0.467 e. The van der Waals surface area contributed by atoms with E-state index in [0.29, 0.717) is 16.8 Å². The Kier molecular flexibility index (Phi) is 6.25. The second kappa shape index (κ2) is 9.42. The van der Waals surface area contributed by atoms with E-state index in [1.165, 1.54) is 0 Å². The van der Waals surface area contributed by atoms with Gasteiger partial charge in [-0.15, -0.1) is 5.10 Å². The van der Waals surface area contributed by atoms with E-state index < -0.39 is 6.04 Å². The summed E-state index contributed by atoms with van der Waals surface area (Å²) in [6.07, 6.45) is 4.76. The molecule has 0 bridgehead atoms. The van der Waals surface area contributed by atoms with Crippen molar-refractivity contribution < 1.29 is 14.0 Å². The summed E-state index contributed by atoms with van der Waals surface area (Å²) in [6.45, 7) is 3.95. The first kappa shape index (κ1) is 21.2. The molecule has 0 spiro atoms. The highest BCUT2D eigenvalue weighted by atomic mass is 16.3. The Morgan fingerprint density at radius 3 is 2.59 bits per heavy atom. The zero-order valence-corrected chi connectivity index (χ0v) is 17.9. The standard InChI is InChI=1S/C23H24N6O3/c1-16(2)29(21(30)15-28-20-8-4-3-7-19(20)26-27-28)22(17-9-11-24-12-10-17)23(31)25-14-18-6-5-13-32-18/h3-13,16,22H,14-15H2,1-2H3,(H,25,31). The first-order chi connectivity index (χ1) is 15.5. The number of pyridine rings is 1. The van der Waals surface area contributed by atoms with Gasteiger partial charge in [0.25, 0.3) is 0 Å². The average molecular weight is 432 g/mol. The van der Waals surface area contributed by atoms with Gasteiger partial charge < -0.3 is 14.6 Å². The summed E-state index contributed by atoms with van der Waals surface area (Å²) in [6, 6.07) is 13.4. The van der Waals surface area contributed by atoms with E-state index in [2.05, 4.69) is 20.6 Å². The van der Waals surface area contributed by atoms with Gasteiger partial charge in [0.2, 0.25) is 11.8 Å². The molecular weight excluding hydrogens is 408 g/mol. The number of nitrogens with zero attached hydrogens (tertiary/aromatic N) is 5. The van der Waals surface area contributed by atoms with Gasteiger partial charge in [-0.25, -0.2) is 4.68 Å². The topological polar surface area (TPSA) is 106 Å². The average Bonchev–Trinajstić information content (AvgIpc) is 3.46. The number of aromatic nitrogens is 4. The third-order valence-electron chi connectivity index (χ3n) is 5.11. The molecule has 1 N–H and O–H groups in total. The lowest BCUT2D eigenvalue weighted by Gasteiger charge is -2.34. The Bertz CT molecular complexity index is 1190. The Labute approximate surface area is 185 Å². The van der Waals surface area contributed by atoms with Gasteiger partial charge in [-0.2, -0.15) is 0 Å². The van der Waals surface area contributed by atoms with Crippen molar-refractivity contribution in [3.8, 4) is 0 Å². The highest BCUT2D eigenvalue weighted by molar-refractivity contribution is 5.89. The Hall–Kier alpha value is -4.01. The summed E-state index contributed by atoms with van der Waals surface area (Å²) < 4.78 is 6.86. The zero-order valence-electron chi connectivity index (χ0n) is 17.9. The van der Waals surface area contributed by atoms with Crippen LogP contribution in [-0.4, -0.2) is 42.7 Å². The third-order valence-corrected chi connectivity index (χ3v) is 5.11. The maximum atomic E-state index is 13.5. The van der Waals surface area contributed by atoms with Crippen LogP contribution in [-0.2, 0) is 22.7 Å². The highest BCUT2D eigenvalue weighted by Gasteiger charge is 2.33. The van der Waals surface area contributed by atoms with Crippen molar-refractivity contribution in [2.24, 2.45) is 0 Å². The van der Waals surface area contributed by atoms with Crippen molar-refractivity contribution >= 4 is 22.8 Å². The van der Waals surface area contributed by atoms with Crippen molar-refractivity contribution in [2.45, 2.75) is 39.0 Å². The van der Waals surface area contributed by atoms with Crippen molar-refractivity contribution in [1.29, 1.82) is 0 Å². The number of benzene rings is 1. The molecule has 0 fully saturated rings. The quantitative estimate of drug-likeness (QED) is 0.459. The van der Waals surface area contributed by atoms with Gasteiger partial charge in [0.1, 0.15) is 23.9 Å². The fourth-order valence-corrected chi connectivity index (χ4v) is 3.64. The molecule has 0 saturated heterocycles. The van der Waals surface area contributed by atoms with Gasteiger partial charge in [-0.1, -0.05) is 17.3 Å². The molecule has 0 aliphatic rings. The minimum absolute atomic E-state index is 0.0360. The summed E-state index contributed by atoms with van der Waals surface area (Å²) in [5, 5.41) is 11.1. The molecule has 3 aromatic heterocycles. The number of carbonyl (C=O) groups is 2. The normalized spacial score (nSPS) is 12.1. The van der Waals surface area contributed by atoms with Crippen LogP contribution in [0.5, 0.6) is 0 Å². The van der Waals surface area contributed by atoms with Crippen molar-refractivity contribution in [3.63, 3.8) is 0 Å². The Balaban J connectivity index is 1.62. The van der Waals surface area contributed by atoms with E-state index in [1.54, 1.807) is 52.5 Å². The molecule has 2 amide bonds. The first-order valence-electron chi connectivity index (χ1n) is 10.3. The van der Waals surface area contributed by atoms with Gasteiger partial charge in [0, 0.05) is 18.4 Å². The minimum Gasteiger partial charge on any atom is -0.467 e. The Morgan fingerprint density at radius 1 is 1.09 bits per heavy atom. The molecule has 164 valence electrons. The van der Waals surface area contributed by atoms with Gasteiger partial charge in [-0.3, -0.25) is 14.6 Å². The molecule has 9 nitrogen and oxygen atoms in total. The smallest absolute Gasteiger partial charge is 0.247 e. The Morgan fingerprint density at radius 2 is 1.88 bits per heavy atom. The number of furan rings is 1. The van der Waals surface area contributed by atoms with Crippen LogP contribution in [0.15, 0.2) is 71.6 Å². The van der Waals surface area contributed by atoms with Gasteiger partial charge in [0.05, 0.1) is 18.3 Å². The molecule has 0 saturated carbocycles. The van der Waals surface area contributed by atoms with Gasteiger partial charge in [0.15, 0.2) is 0 Å². The van der Waals surface area contributed by atoms with E-state index in [9.17, 15) is 9.59 Å². The number of fused-ring (bicyclic) bond motifs is 1. The number of amides is 2. The maximum absolute atomic E-state index is 13.5. The molecule has 0 aliphatic carbocycles. The van der Waals surface area contributed by atoms with Crippen LogP contribution in [0.2, 0.25) is 0 Å². The number of hydrogen-bond donors (Lipinski definition) is 1. The number of hydrogen-bond acceptors (Lipinski definition) is 6. The van der Waals surface area contributed by atoms with Crippen molar-refractivity contribution in [3.05, 3.63) is 78.5 Å². The molecule has 4 rings (SSSR count). The van der Waals surface area contributed by atoms with Crippen LogP contribution in [0, 0.1) is 0 Å². The molecule has 0 aliphatic heterocycles. The summed E-state index contributed by atoms with van der Waals surface area (Å²) >= 11 is 0. The molecule has 4 aromatic rings. The first-order valence-corrected chi connectivity index (χ1v) is 10.3. The molecule has 1 aromatic carbocycles. The second-order valence-corrected chi connectivity index (χ2v) is 7.61. The highest BCUT2D eigenvalue weighted by Crippen LogP contribution is 2.24. The lowest BCUT2D eigenvalue weighted by Crippen LogP contribution is -2.48. The van der Waals surface area contributed by atoms with Crippen LogP contribution < -0.4 is 5.32 Å². The summed E-state index contributed by atoms with van der Waals surface area (Å²) in [5.74, 6) is 0.0760. The van der Waals surface area contributed by atoms with E-state index in [0.717, 1.165) is 5.52 Å². The SMILES string of the molecule is CC(C)N(C(=O)Cn1nnc2ccccc21)C(C(=O)NCc1ccco1)c1ccncc1. The molecule has 9 heteroatoms. The predicted molar refractivity (Wildman–Crippen MR) is 117 cm³/mol. The monoisotopic (exact) mass is 432 g/mol. The summed E-state index contributed by atoms with van der Waals surface area (Å²) in [4.78, 5) is 32.4. The number of carbonyl (C=O) groups excluding carboxylic acids is 2. The van der Waals surface area contributed by atoms with Crippen LogP contribution in [0.4, 0.5) is 0 Å². The minimum atomic E-state index is -0.838. The van der Waals surface area contributed by atoms with Crippen molar-refractivity contribution in [1.82, 2.24) is 30.2 Å². The third kappa shape index (κ3) is 4.51. The fourth-order valence-electron chi connectivity index (χ4n) is 3.64. The van der Waals surface area contributed by atoms with Crippen LogP contribution in [0.25, 0.3) is 11.0 Å². The van der Waals surface area contributed by atoms with Gasteiger partial charge >= 0.3 is 0 Å². The second-order valence-electron chi connectivity index (χ2n) is 7.61. The van der Waals surface area contributed by atoms with Gasteiger partial charge in [-0.05, 0) is 55.8 Å². The molecule has 32 heavy (non-hydrogen) atoms. The van der Waals surface area contributed by atoms with E-state index >= 15 is 0 Å². The van der Waals surface area contributed by atoms with Crippen molar-refractivity contribution in [2.75, 3.05) is 0 Å². The molecule has 3 heterocycles. The fraction of sp³-hybridized carbons (Fsp3) is 0.261. The van der Waals surface area contributed by atoms with E-state index in [4.69, 9.17) is 4.42 Å². The lowest BCUT2D eigenvalue weighted by atomic mass is 10.0. The molecule has 1 atom stereocenters. The zero-order chi connectivity index (χ0) is 22.5. The van der Waals surface area contributed by atoms with E-state index in [1.807, 2.05) is 38.1 Å². The molecular formula is C23H24N6O3. The summed E-state index contributed by atoms with van der Waals surface area (Å²) in [7, 11) is 0. The number of nitrogens with one attached hydrogen (secondary N) is 1. The lowest BCUT2D eigenvalue weighted by molar-refractivity contribution is -0.143. The predicted octanol–water partition coefficient (Wildman–Crippen LogP) is 2.71. The maximum Gasteiger partial charge on any atom is 0.247 e. The van der Waals surface area contributed by atoms with Crippen LogP contribution in [0.1, 0.15) is 31.2 Å². The molecule has 1 unspecified atom stereocenters. The van der Waals surface area contributed by atoms with Crippen LogP contribution >= 0.6 is 0 Å². The number of para-hydroxylation sites is 1.